The fourth-order valence-corrected chi connectivity index (χ4v) is 3.16. The summed E-state index contributed by atoms with van der Waals surface area (Å²) in [5.74, 6) is 0.489. The van der Waals surface area contributed by atoms with Crippen LogP contribution in [0.5, 0.6) is 5.88 Å². The van der Waals surface area contributed by atoms with E-state index in [1.54, 1.807) is 11.1 Å². The number of urea groups is 1. The minimum absolute atomic E-state index is 0.0779. The number of rotatable bonds is 4. The molecule has 0 spiro atoms. The number of piperidine rings is 1. The van der Waals surface area contributed by atoms with Gasteiger partial charge in [-0.1, -0.05) is 26.8 Å². The monoisotopic (exact) mass is 390 g/mol. The van der Waals surface area contributed by atoms with Crippen molar-refractivity contribution in [3.05, 3.63) is 24.4 Å². The summed E-state index contributed by atoms with van der Waals surface area (Å²) in [6.45, 7) is 12.7. The molecule has 7 heteroatoms. The quantitative estimate of drug-likeness (QED) is 0.828. The zero-order valence-electron chi connectivity index (χ0n) is 17.9. The molecule has 2 heterocycles. The Labute approximate surface area is 168 Å². The Morgan fingerprint density at radius 3 is 2.50 bits per heavy atom. The van der Waals surface area contributed by atoms with Crippen LogP contribution in [0.2, 0.25) is 0 Å². The molecular formula is C21H34N4O3. The van der Waals surface area contributed by atoms with Gasteiger partial charge in [0.15, 0.2) is 0 Å². The smallest absolute Gasteiger partial charge is 0.315 e. The van der Waals surface area contributed by atoms with Gasteiger partial charge in [0.1, 0.15) is 12.1 Å². The van der Waals surface area contributed by atoms with Crippen LogP contribution in [0.15, 0.2) is 24.4 Å². The van der Waals surface area contributed by atoms with Crippen molar-refractivity contribution >= 4 is 11.9 Å². The Kier molecular flexibility index (Phi) is 6.91. The van der Waals surface area contributed by atoms with E-state index in [0.29, 0.717) is 19.0 Å². The van der Waals surface area contributed by atoms with Gasteiger partial charge in [0.2, 0.25) is 11.8 Å². The fourth-order valence-electron chi connectivity index (χ4n) is 3.16. The molecule has 7 nitrogen and oxygen atoms in total. The summed E-state index contributed by atoms with van der Waals surface area (Å²) in [7, 11) is 0. The molecule has 28 heavy (non-hydrogen) atoms. The number of nitrogens with zero attached hydrogens (tertiary/aromatic N) is 2. The van der Waals surface area contributed by atoms with E-state index in [1.807, 2.05) is 59.7 Å². The van der Waals surface area contributed by atoms with Crippen molar-refractivity contribution in [3.8, 4) is 5.88 Å². The summed E-state index contributed by atoms with van der Waals surface area (Å²) in [6.07, 6.45) is 3.32. The molecule has 0 bridgehead atoms. The zero-order valence-corrected chi connectivity index (χ0v) is 17.9. The van der Waals surface area contributed by atoms with E-state index in [-0.39, 0.29) is 23.6 Å². The summed E-state index contributed by atoms with van der Waals surface area (Å²) >= 11 is 0. The molecule has 1 saturated heterocycles. The number of nitrogens with one attached hydrogen (secondary N) is 2. The highest BCUT2D eigenvalue weighted by Crippen LogP contribution is 2.24. The molecule has 156 valence electrons. The van der Waals surface area contributed by atoms with Crippen molar-refractivity contribution in [1.29, 1.82) is 0 Å². The molecule has 0 saturated carbocycles. The van der Waals surface area contributed by atoms with Crippen molar-refractivity contribution in [3.63, 3.8) is 0 Å². The maximum absolute atomic E-state index is 13.3. The van der Waals surface area contributed by atoms with Gasteiger partial charge < -0.3 is 20.3 Å². The average molecular weight is 391 g/mol. The van der Waals surface area contributed by atoms with Gasteiger partial charge in [-0.25, -0.2) is 9.78 Å². The molecular weight excluding hydrogens is 356 g/mol. The molecule has 1 aromatic rings. The Morgan fingerprint density at radius 1 is 1.21 bits per heavy atom. The van der Waals surface area contributed by atoms with Crippen molar-refractivity contribution in [2.75, 3.05) is 13.1 Å². The molecule has 1 aromatic heterocycles. The van der Waals surface area contributed by atoms with Crippen molar-refractivity contribution in [1.82, 2.24) is 20.5 Å². The van der Waals surface area contributed by atoms with E-state index in [4.69, 9.17) is 4.74 Å². The standard InChI is InChI=1S/C21H34N4O3/c1-20(2,3)17(23-19(27)24-21(4,5)6)18(26)25-13-9-10-15(14-25)28-16-11-7-8-12-22-16/h7-8,11-12,15,17H,9-10,13-14H2,1-6H3,(H2,23,24,27)/t15-,17-/m1/s1. The Bertz CT molecular complexity index is 664. The number of ether oxygens (including phenoxy) is 1. The largest absolute Gasteiger partial charge is 0.472 e. The van der Waals surface area contributed by atoms with Gasteiger partial charge in [-0.05, 0) is 45.1 Å². The van der Waals surface area contributed by atoms with Gasteiger partial charge in [-0.15, -0.1) is 0 Å². The van der Waals surface area contributed by atoms with Crippen molar-refractivity contribution < 1.29 is 14.3 Å². The van der Waals surface area contributed by atoms with Crippen molar-refractivity contribution in [2.45, 2.75) is 72.1 Å². The van der Waals surface area contributed by atoms with Crippen LogP contribution in [-0.2, 0) is 4.79 Å². The van der Waals surface area contributed by atoms with E-state index >= 15 is 0 Å². The lowest BCUT2D eigenvalue weighted by atomic mass is 9.85. The maximum Gasteiger partial charge on any atom is 0.315 e. The first-order chi connectivity index (χ1) is 13.0. The molecule has 3 amide bonds. The predicted octanol–water partition coefficient (Wildman–Crippen LogP) is 2.96. The summed E-state index contributed by atoms with van der Waals surface area (Å²) in [5, 5.41) is 5.75. The number of carbonyl (C=O) groups excluding carboxylic acids is 2. The Morgan fingerprint density at radius 2 is 1.93 bits per heavy atom. The number of pyridine rings is 1. The third-order valence-electron chi connectivity index (χ3n) is 4.49. The highest BCUT2D eigenvalue weighted by Gasteiger charge is 2.38. The van der Waals surface area contributed by atoms with E-state index in [9.17, 15) is 9.59 Å². The summed E-state index contributed by atoms with van der Waals surface area (Å²) < 4.78 is 5.94. The van der Waals surface area contributed by atoms with Gasteiger partial charge in [0.05, 0.1) is 6.54 Å². The van der Waals surface area contributed by atoms with Crippen LogP contribution < -0.4 is 15.4 Å². The topological polar surface area (TPSA) is 83.6 Å². The second-order valence-corrected chi connectivity index (χ2v) is 9.48. The van der Waals surface area contributed by atoms with Crippen LogP contribution in [-0.4, -0.2) is 52.6 Å². The molecule has 0 aromatic carbocycles. The SMILES string of the molecule is CC(C)(C)NC(=O)N[C@H](C(=O)N1CCC[C@@H](Oc2ccccn2)C1)C(C)(C)C. The molecule has 0 unspecified atom stereocenters. The minimum atomic E-state index is -0.622. The average Bonchev–Trinajstić information content (AvgIpc) is 2.58. The number of amides is 3. The summed E-state index contributed by atoms with van der Waals surface area (Å²) in [5.41, 5.74) is -0.788. The maximum atomic E-state index is 13.3. The summed E-state index contributed by atoms with van der Waals surface area (Å²) in [6, 6.07) is 4.58. The van der Waals surface area contributed by atoms with Gasteiger partial charge in [-0.3, -0.25) is 4.79 Å². The summed E-state index contributed by atoms with van der Waals surface area (Å²) in [4.78, 5) is 31.6. The van der Waals surface area contributed by atoms with E-state index < -0.39 is 11.5 Å². The first kappa shape index (κ1) is 22.0. The van der Waals surface area contributed by atoms with Gasteiger partial charge >= 0.3 is 6.03 Å². The van der Waals surface area contributed by atoms with E-state index in [0.717, 1.165) is 12.8 Å². The number of hydrogen-bond acceptors (Lipinski definition) is 4. The number of hydrogen-bond donors (Lipinski definition) is 2. The number of carbonyl (C=O) groups is 2. The van der Waals surface area contributed by atoms with Crippen molar-refractivity contribution in [2.24, 2.45) is 5.41 Å². The predicted molar refractivity (Wildman–Crippen MR) is 109 cm³/mol. The third-order valence-corrected chi connectivity index (χ3v) is 4.49. The second-order valence-electron chi connectivity index (χ2n) is 9.48. The fraction of sp³-hybridized carbons (Fsp3) is 0.667. The second kappa shape index (κ2) is 8.80. The first-order valence-electron chi connectivity index (χ1n) is 9.91. The molecule has 2 N–H and O–H groups in total. The van der Waals surface area contributed by atoms with Crippen LogP contribution in [0.4, 0.5) is 4.79 Å². The third kappa shape index (κ3) is 6.69. The zero-order chi connectivity index (χ0) is 20.9. The van der Waals surface area contributed by atoms with Gasteiger partial charge in [0.25, 0.3) is 0 Å². The molecule has 2 atom stereocenters. The van der Waals surface area contributed by atoms with Crippen LogP contribution in [0, 0.1) is 5.41 Å². The van der Waals surface area contributed by atoms with E-state index in [1.165, 1.54) is 0 Å². The minimum Gasteiger partial charge on any atom is -0.472 e. The first-order valence-corrected chi connectivity index (χ1v) is 9.91. The lowest BCUT2D eigenvalue weighted by Crippen LogP contribution is -2.60. The molecule has 1 fully saturated rings. The highest BCUT2D eigenvalue weighted by atomic mass is 16.5. The number of aromatic nitrogens is 1. The lowest BCUT2D eigenvalue weighted by Gasteiger charge is -2.39. The van der Waals surface area contributed by atoms with E-state index in [2.05, 4.69) is 15.6 Å². The van der Waals surface area contributed by atoms with Crippen LogP contribution in [0.3, 0.4) is 0 Å². The molecule has 2 rings (SSSR count). The van der Waals surface area contributed by atoms with Crippen LogP contribution >= 0.6 is 0 Å². The Hall–Kier alpha value is -2.31. The normalized spacial score (nSPS) is 18.9. The highest BCUT2D eigenvalue weighted by molar-refractivity contribution is 5.88. The Balaban J connectivity index is 2.05. The number of likely N-dealkylation sites (tertiary alicyclic amines) is 1. The lowest BCUT2D eigenvalue weighted by molar-refractivity contribution is -0.138. The molecule has 0 aliphatic carbocycles. The van der Waals surface area contributed by atoms with Gasteiger partial charge in [0, 0.05) is 24.3 Å². The molecule has 1 aliphatic heterocycles. The molecule has 1 aliphatic rings. The van der Waals surface area contributed by atoms with Gasteiger partial charge in [-0.2, -0.15) is 0 Å². The molecule has 0 radical (unpaired) electrons. The van der Waals surface area contributed by atoms with Crippen LogP contribution in [0.25, 0.3) is 0 Å². The van der Waals surface area contributed by atoms with Crippen LogP contribution in [0.1, 0.15) is 54.4 Å².